The number of aliphatic hydroxyl groups excluding tert-OH is 8. The van der Waals surface area contributed by atoms with Gasteiger partial charge >= 0.3 is 0 Å². The van der Waals surface area contributed by atoms with Crippen molar-refractivity contribution in [1.29, 1.82) is 0 Å². The van der Waals surface area contributed by atoms with E-state index in [4.69, 9.17) is 18.9 Å². The predicted octanol–water partition coefficient (Wildman–Crippen LogP) is 15.0. The molecule has 2 aliphatic rings. The van der Waals surface area contributed by atoms with Gasteiger partial charge < -0.3 is 65.1 Å². The minimum Gasteiger partial charge on any atom is -0.394 e. The molecule has 0 aromatic rings. The smallest absolute Gasteiger partial charge is 0.220 e. The first-order chi connectivity index (χ1) is 43.1. The van der Waals surface area contributed by atoms with Crippen molar-refractivity contribution < 1.29 is 64.6 Å². The maximum absolute atomic E-state index is 13.3. The molecule has 2 heterocycles. The van der Waals surface area contributed by atoms with Crippen molar-refractivity contribution in [2.24, 2.45) is 0 Å². The monoisotopic (exact) mass is 1240 g/mol. The van der Waals surface area contributed by atoms with Crippen LogP contribution in [0.25, 0.3) is 0 Å². The molecule has 0 saturated carbocycles. The number of ether oxygens (including phenoxy) is 4. The molecular weight excluding hydrogens is 1110 g/mol. The van der Waals surface area contributed by atoms with E-state index in [2.05, 4.69) is 79.9 Å². The molecule has 0 aliphatic carbocycles. The summed E-state index contributed by atoms with van der Waals surface area (Å²) in [7, 11) is 0. The molecule has 12 atom stereocenters. The van der Waals surface area contributed by atoms with Crippen LogP contribution < -0.4 is 5.32 Å². The molecule has 1 amide bonds. The molecule has 14 heteroatoms. The SMILES string of the molecule is CC/C=C\C/C=C\C/C=C\C/C=C\C/C=C\CCCCCCCCCCCCCCCCCCCCCCCCCCCC(=O)NC(COC1OC(CO)C(OC2OC(CO)C(O)C(O)C2O)C(O)C1O)C(O)/C=C/CCCCCCCCCCCCC. The Labute approximate surface area is 536 Å². The van der Waals surface area contributed by atoms with Gasteiger partial charge in [0.15, 0.2) is 12.6 Å². The van der Waals surface area contributed by atoms with Gasteiger partial charge in [0, 0.05) is 6.42 Å². The van der Waals surface area contributed by atoms with E-state index in [1.165, 1.54) is 199 Å². The molecule has 0 aromatic heterocycles. The summed E-state index contributed by atoms with van der Waals surface area (Å²) in [5.74, 6) is -0.236. The van der Waals surface area contributed by atoms with Gasteiger partial charge in [-0.1, -0.05) is 299 Å². The quantitative estimate of drug-likeness (QED) is 0.0204. The number of hydrogen-bond acceptors (Lipinski definition) is 13. The summed E-state index contributed by atoms with van der Waals surface area (Å²) in [4.78, 5) is 13.3. The summed E-state index contributed by atoms with van der Waals surface area (Å²) in [5, 5.41) is 87.2. The van der Waals surface area contributed by atoms with Crippen LogP contribution in [-0.4, -0.2) is 140 Å². The van der Waals surface area contributed by atoms with Crippen LogP contribution in [-0.2, 0) is 23.7 Å². The van der Waals surface area contributed by atoms with E-state index in [9.17, 15) is 45.6 Å². The Balaban J connectivity index is 1.53. The highest BCUT2D eigenvalue weighted by Gasteiger charge is 2.51. The summed E-state index contributed by atoms with van der Waals surface area (Å²) >= 11 is 0. The van der Waals surface area contributed by atoms with E-state index in [0.29, 0.717) is 6.42 Å². The van der Waals surface area contributed by atoms with E-state index < -0.39 is 86.8 Å². The molecule has 0 spiro atoms. The van der Waals surface area contributed by atoms with Crippen molar-refractivity contribution in [3.05, 3.63) is 72.9 Å². The zero-order chi connectivity index (χ0) is 63.8. The van der Waals surface area contributed by atoms with Crippen LogP contribution in [0.4, 0.5) is 0 Å². The second-order valence-electron chi connectivity index (χ2n) is 25.3. The normalized spacial score (nSPS) is 23.6. The number of amides is 1. The lowest BCUT2D eigenvalue weighted by Crippen LogP contribution is -2.65. The summed E-state index contributed by atoms with van der Waals surface area (Å²) in [6, 6.07) is -0.914. The highest BCUT2D eigenvalue weighted by Crippen LogP contribution is 2.30. The molecule has 2 saturated heterocycles. The first kappa shape index (κ1) is 81.5. The van der Waals surface area contributed by atoms with Crippen LogP contribution in [0.5, 0.6) is 0 Å². The number of unbranched alkanes of at least 4 members (excludes halogenated alkanes) is 36. The molecule has 512 valence electrons. The van der Waals surface area contributed by atoms with Crippen LogP contribution >= 0.6 is 0 Å². The predicted molar refractivity (Wildman–Crippen MR) is 360 cm³/mol. The average Bonchev–Trinajstić information content (AvgIpc) is 2.45. The molecule has 2 rings (SSSR count). The van der Waals surface area contributed by atoms with Crippen LogP contribution in [0, 0.1) is 0 Å². The minimum absolute atomic E-state index is 0.236. The number of aliphatic hydroxyl groups is 8. The Morgan fingerprint density at radius 3 is 1.20 bits per heavy atom. The van der Waals surface area contributed by atoms with Gasteiger partial charge in [0.2, 0.25) is 5.91 Å². The lowest BCUT2D eigenvalue weighted by atomic mass is 9.97. The van der Waals surface area contributed by atoms with Crippen LogP contribution in [0.3, 0.4) is 0 Å². The van der Waals surface area contributed by atoms with E-state index >= 15 is 0 Å². The molecule has 0 aromatic carbocycles. The highest BCUT2D eigenvalue weighted by atomic mass is 16.7. The molecule has 0 bridgehead atoms. The average molecular weight is 1240 g/mol. The first-order valence-electron chi connectivity index (χ1n) is 36.2. The Bertz CT molecular complexity index is 1750. The second kappa shape index (κ2) is 58.3. The van der Waals surface area contributed by atoms with Gasteiger partial charge in [0.1, 0.15) is 48.8 Å². The van der Waals surface area contributed by atoms with Crippen molar-refractivity contribution in [1.82, 2.24) is 5.32 Å². The Morgan fingerprint density at radius 1 is 0.420 bits per heavy atom. The summed E-state index contributed by atoms with van der Waals surface area (Å²) in [5.41, 5.74) is 0. The lowest BCUT2D eigenvalue weighted by Gasteiger charge is -2.46. The van der Waals surface area contributed by atoms with E-state index in [1.807, 2.05) is 6.08 Å². The number of carbonyl (C=O) groups excluding carboxylic acids is 1. The third-order valence-electron chi connectivity index (χ3n) is 17.4. The van der Waals surface area contributed by atoms with Gasteiger partial charge in [-0.3, -0.25) is 4.79 Å². The molecule has 12 unspecified atom stereocenters. The van der Waals surface area contributed by atoms with Crippen molar-refractivity contribution in [3.63, 3.8) is 0 Å². The van der Waals surface area contributed by atoms with E-state index in [0.717, 1.165) is 70.6 Å². The Hall–Kier alpha value is -2.57. The highest BCUT2D eigenvalue weighted by molar-refractivity contribution is 5.76. The second-order valence-corrected chi connectivity index (χ2v) is 25.3. The molecule has 14 nitrogen and oxygen atoms in total. The van der Waals surface area contributed by atoms with Gasteiger partial charge in [-0.2, -0.15) is 0 Å². The maximum Gasteiger partial charge on any atom is 0.220 e. The number of hydrogen-bond donors (Lipinski definition) is 9. The third kappa shape index (κ3) is 41.8. The van der Waals surface area contributed by atoms with Crippen molar-refractivity contribution >= 4 is 5.91 Å². The van der Waals surface area contributed by atoms with Crippen LogP contribution in [0.2, 0.25) is 0 Å². The van der Waals surface area contributed by atoms with Crippen molar-refractivity contribution in [3.8, 4) is 0 Å². The lowest BCUT2D eigenvalue weighted by molar-refractivity contribution is -0.359. The molecule has 88 heavy (non-hydrogen) atoms. The van der Waals surface area contributed by atoms with E-state index in [-0.39, 0.29) is 18.9 Å². The molecule has 2 aliphatic heterocycles. The maximum atomic E-state index is 13.3. The number of carbonyl (C=O) groups is 1. The van der Waals surface area contributed by atoms with Crippen LogP contribution in [0.1, 0.15) is 296 Å². The number of nitrogens with one attached hydrogen (secondary N) is 1. The largest absolute Gasteiger partial charge is 0.394 e. The molecule has 9 N–H and O–H groups in total. The molecule has 0 radical (unpaired) electrons. The van der Waals surface area contributed by atoms with Gasteiger partial charge in [-0.15, -0.1) is 0 Å². The molecule has 2 fully saturated rings. The van der Waals surface area contributed by atoms with Crippen molar-refractivity contribution in [2.45, 2.75) is 370 Å². The third-order valence-corrected chi connectivity index (χ3v) is 17.4. The zero-order valence-corrected chi connectivity index (χ0v) is 55.7. The Morgan fingerprint density at radius 2 is 0.784 bits per heavy atom. The summed E-state index contributed by atoms with van der Waals surface area (Å²) < 4.78 is 22.8. The fraction of sp³-hybridized carbons (Fsp3) is 0.824. The number of allylic oxidation sites excluding steroid dienone is 11. The summed E-state index contributed by atoms with van der Waals surface area (Å²) in [6.45, 7) is 2.69. The Kier molecular flexibility index (Phi) is 54.0. The van der Waals surface area contributed by atoms with Gasteiger partial charge in [-0.05, 0) is 64.2 Å². The zero-order valence-electron chi connectivity index (χ0n) is 55.7. The van der Waals surface area contributed by atoms with Gasteiger partial charge in [0.25, 0.3) is 0 Å². The molecular formula is C74H133NO13. The topological polar surface area (TPSA) is 228 Å². The fourth-order valence-electron chi connectivity index (χ4n) is 11.7. The minimum atomic E-state index is -1.79. The summed E-state index contributed by atoms with van der Waals surface area (Å²) in [6.07, 6.45) is 62.8. The first-order valence-corrected chi connectivity index (χ1v) is 36.2. The number of rotatable bonds is 59. The van der Waals surface area contributed by atoms with Gasteiger partial charge in [0.05, 0.1) is 32.0 Å². The van der Waals surface area contributed by atoms with Gasteiger partial charge in [-0.25, -0.2) is 0 Å². The van der Waals surface area contributed by atoms with Crippen LogP contribution in [0.15, 0.2) is 72.9 Å². The van der Waals surface area contributed by atoms with Crippen molar-refractivity contribution in [2.75, 3.05) is 19.8 Å². The standard InChI is InChI=1S/C74H133NO13/c1-3-5-7-9-11-13-15-17-18-19-20-21-22-23-24-25-26-27-28-29-30-31-32-33-34-35-36-37-38-39-40-41-42-43-44-46-48-50-52-54-56-58-66(79)75-62(63(78)57-55-53-51-49-47-45-16-14-12-10-8-6-4-2)61-85-73-71(84)69(82)72(65(60-77)87-73)88-74-70(83)68(81)67(80)64(59-76)86-74/h5,7,11,13,17-18,20-21,23-24,55,57,62-65,67-74,76-78,80-84H,3-4,6,8-10,12,14-16,19,22,25-54,56,58-61H2,1-2H3,(H,75,79)/b7-5-,13-11-,18-17-,21-20-,24-23-,57-55+. The fourth-order valence-corrected chi connectivity index (χ4v) is 11.7. The van der Waals surface area contributed by atoms with E-state index in [1.54, 1.807) is 6.08 Å².